The smallest absolute Gasteiger partial charge is 0.216 e. The Bertz CT molecular complexity index is 636. The molecule has 0 fully saturated rings. The van der Waals surface area contributed by atoms with E-state index in [0.717, 1.165) is 0 Å². The van der Waals surface area contributed by atoms with E-state index < -0.39 is 16.1 Å². The second-order valence-corrected chi connectivity index (χ2v) is 6.11. The summed E-state index contributed by atoms with van der Waals surface area (Å²) in [7, 11) is -3.44. The molecule has 2 aromatic rings. The number of anilines is 1. The quantitative estimate of drug-likeness (QED) is 0.821. The minimum absolute atomic E-state index is 0.108. The summed E-state index contributed by atoms with van der Waals surface area (Å²) in [5.41, 5.74) is 6.83. The molecule has 6 heteroatoms. The molecule has 0 spiro atoms. The summed E-state index contributed by atoms with van der Waals surface area (Å²) >= 11 is 0. The fourth-order valence-corrected chi connectivity index (χ4v) is 3.17. The van der Waals surface area contributed by atoms with Crippen LogP contribution in [0.2, 0.25) is 0 Å². The first-order valence-corrected chi connectivity index (χ1v) is 7.49. The number of nitrogen functional groups attached to an aromatic ring is 1. The second kappa shape index (κ2) is 5.46. The van der Waals surface area contributed by atoms with Gasteiger partial charge in [0.15, 0.2) is 0 Å². The van der Waals surface area contributed by atoms with Crippen molar-refractivity contribution in [3.8, 4) is 0 Å². The fourth-order valence-electron chi connectivity index (χ4n) is 1.81. The Kier molecular flexibility index (Phi) is 3.92. The third kappa shape index (κ3) is 3.84. The lowest BCUT2D eigenvalue weighted by molar-refractivity contribution is 0.459. The molecular formula is C13H16N2O3S. The van der Waals surface area contributed by atoms with Crippen molar-refractivity contribution in [3.63, 3.8) is 0 Å². The highest BCUT2D eigenvalue weighted by molar-refractivity contribution is 7.88. The van der Waals surface area contributed by atoms with E-state index in [2.05, 4.69) is 4.72 Å². The molecule has 1 aromatic carbocycles. The van der Waals surface area contributed by atoms with Crippen molar-refractivity contribution < 1.29 is 12.8 Å². The monoisotopic (exact) mass is 280 g/mol. The largest absolute Gasteiger partial charge is 0.468 e. The van der Waals surface area contributed by atoms with Crippen LogP contribution in [0.15, 0.2) is 47.1 Å². The van der Waals surface area contributed by atoms with Crippen molar-refractivity contribution in [2.75, 3.05) is 5.73 Å². The average molecular weight is 280 g/mol. The Labute approximate surface area is 112 Å². The SMILES string of the molecule is CC(NS(=O)(=O)Cc1cccc(N)c1)c1ccco1. The molecule has 0 aliphatic heterocycles. The summed E-state index contributed by atoms with van der Waals surface area (Å²) in [4.78, 5) is 0. The highest BCUT2D eigenvalue weighted by atomic mass is 32.2. The zero-order chi connectivity index (χ0) is 13.9. The molecule has 1 aromatic heterocycles. The number of rotatable bonds is 5. The zero-order valence-corrected chi connectivity index (χ0v) is 11.4. The van der Waals surface area contributed by atoms with E-state index in [1.807, 2.05) is 0 Å². The van der Waals surface area contributed by atoms with Crippen LogP contribution in [0.1, 0.15) is 24.3 Å². The van der Waals surface area contributed by atoms with Crippen molar-refractivity contribution in [1.29, 1.82) is 0 Å². The van der Waals surface area contributed by atoms with Crippen molar-refractivity contribution in [1.82, 2.24) is 4.72 Å². The molecule has 3 N–H and O–H groups in total. The van der Waals surface area contributed by atoms with Crippen LogP contribution in [0.5, 0.6) is 0 Å². The molecule has 2 rings (SSSR count). The van der Waals surface area contributed by atoms with Crippen LogP contribution in [-0.2, 0) is 15.8 Å². The second-order valence-electron chi connectivity index (χ2n) is 4.36. The van der Waals surface area contributed by atoms with E-state index in [4.69, 9.17) is 10.2 Å². The molecule has 5 nitrogen and oxygen atoms in total. The van der Waals surface area contributed by atoms with Crippen molar-refractivity contribution in [2.45, 2.75) is 18.7 Å². The molecule has 19 heavy (non-hydrogen) atoms. The topological polar surface area (TPSA) is 85.3 Å². The van der Waals surface area contributed by atoms with Gasteiger partial charge in [0.25, 0.3) is 0 Å². The number of hydrogen-bond donors (Lipinski definition) is 2. The highest BCUT2D eigenvalue weighted by Gasteiger charge is 2.18. The summed E-state index contributed by atoms with van der Waals surface area (Å²) in [6.45, 7) is 1.73. The molecule has 0 saturated carbocycles. The van der Waals surface area contributed by atoms with Crippen LogP contribution >= 0.6 is 0 Å². The van der Waals surface area contributed by atoms with Crippen molar-refractivity contribution in [3.05, 3.63) is 54.0 Å². The Morgan fingerprint density at radius 2 is 2.11 bits per heavy atom. The zero-order valence-electron chi connectivity index (χ0n) is 10.5. The third-order valence-corrected chi connectivity index (χ3v) is 4.06. The first kappa shape index (κ1) is 13.6. The van der Waals surface area contributed by atoms with Gasteiger partial charge in [-0.2, -0.15) is 0 Å². The predicted octanol–water partition coefficient (Wildman–Crippen LogP) is 2.04. The van der Waals surface area contributed by atoms with Gasteiger partial charge in [-0.1, -0.05) is 12.1 Å². The van der Waals surface area contributed by atoms with Crippen LogP contribution in [0.4, 0.5) is 5.69 Å². The number of nitrogens with one attached hydrogen (secondary N) is 1. The van der Waals surface area contributed by atoms with E-state index in [0.29, 0.717) is 17.0 Å². The third-order valence-electron chi connectivity index (χ3n) is 2.63. The molecule has 0 amide bonds. The summed E-state index contributed by atoms with van der Waals surface area (Å²) in [5.74, 6) is 0.472. The Hall–Kier alpha value is -1.79. The number of furan rings is 1. The first-order chi connectivity index (χ1) is 8.96. The highest BCUT2D eigenvalue weighted by Crippen LogP contribution is 2.16. The van der Waals surface area contributed by atoms with Crippen LogP contribution in [0.3, 0.4) is 0 Å². The van der Waals surface area contributed by atoms with Gasteiger partial charge >= 0.3 is 0 Å². The van der Waals surface area contributed by atoms with Crippen LogP contribution in [0, 0.1) is 0 Å². The summed E-state index contributed by atoms with van der Waals surface area (Å²) in [6.07, 6.45) is 1.51. The van der Waals surface area contributed by atoms with Gasteiger partial charge in [-0.05, 0) is 36.8 Å². The van der Waals surface area contributed by atoms with Gasteiger partial charge in [0.05, 0.1) is 18.1 Å². The molecular weight excluding hydrogens is 264 g/mol. The summed E-state index contributed by atoms with van der Waals surface area (Å²) < 4.78 is 31.8. The fraction of sp³-hybridized carbons (Fsp3) is 0.231. The maximum absolute atomic E-state index is 12.0. The van der Waals surface area contributed by atoms with E-state index >= 15 is 0 Å². The number of nitrogens with two attached hydrogens (primary N) is 1. The van der Waals surface area contributed by atoms with E-state index in [9.17, 15) is 8.42 Å². The van der Waals surface area contributed by atoms with Gasteiger partial charge < -0.3 is 10.2 Å². The van der Waals surface area contributed by atoms with Crippen LogP contribution in [-0.4, -0.2) is 8.42 Å². The minimum Gasteiger partial charge on any atom is -0.468 e. The predicted molar refractivity (Wildman–Crippen MR) is 73.7 cm³/mol. The lowest BCUT2D eigenvalue weighted by atomic mass is 10.2. The van der Waals surface area contributed by atoms with E-state index in [-0.39, 0.29) is 5.75 Å². The van der Waals surface area contributed by atoms with Gasteiger partial charge in [0.1, 0.15) is 5.76 Å². The minimum atomic E-state index is -3.44. The molecule has 1 heterocycles. The standard InChI is InChI=1S/C13H16N2O3S/c1-10(13-6-3-7-18-13)15-19(16,17)9-11-4-2-5-12(14)8-11/h2-8,10,15H,9,14H2,1H3. The molecule has 1 unspecified atom stereocenters. The lowest BCUT2D eigenvalue weighted by Crippen LogP contribution is -2.27. The Balaban J connectivity index is 2.07. The van der Waals surface area contributed by atoms with Crippen LogP contribution < -0.4 is 10.5 Å². The van der Waals surface area contributed by atoms with Gasteiger partial charge in [0, 0.05) is 5.69 Å². The molecule has 0 aliphatic carbocycles. The number of sulfonamides is 1. The van der Waals surface area contributed by atoms with E-state index in [1.165, 1.54) is 6.26 Å². The van der Waals surface area contributed by atoms with Crippen LogP contribution in [0.25, 0.3) is 0 Å². The summed E-state index contributed by atoms with van der Waals surface area (Å²) in [6, 6.07) is 9.88. The Morgan fingerprint density at radius 1 is 1.32 bits per heavy atom. The number of hydrogen-bond acceptors (Lipinski definition) is 4. The average Bonchev–Trinajstić information content (AvgIpc) is 2.80. The molecule has 102 valence electrons. The maximum Gasteiger partial charge on any atom is 0.216 e. The molecule has 0 saturated heterocycles. The number of benzene rings is 1. The maximum atomic E-state index is 12.0. The molecule has 0 bridgehead atoms. The van der Waals surface area contributed by atoms with Gasteiger partial charge in [-0.3, -0.25) is 0 Å². The lowest BCUT2D eigenvalue weighted by Gasteiger charge is -2.12. The summed E-state index contributed by atoms with van der Waals surface area (Å²) in [5, 5.41) is 0. The van der Waals surface area contributed by atoms with Crippen molar-refractivity contribution in [2.24, 2.45) is 0 Å². The van der Waals surface area contributed by atoms with Gasteiger partial charge in [0.2, 0.25) is 10.0 Å². The van der Waals surface area contributed by atoms with Gasteiger partial charge in [-0.25, -0.2) is 13.1 Å². The van der Waals surface area contributed by atoms with E-state index in [1.54, 1.807) is 43.3 Å². The molecule has 1 atom stereocenters. The Morgan fingerprint density at radius 3 is 2.74 bits per heavy atom. The molecule has 0 aliphatic rings. The van der Waals surface area contributed by atoms with Crippen molar-refractivity contribution >= 4 is 15.7 Å². The first-order valence-electron chi connectivity index (χ1n) is 5.84. The van der Waals surface area contributed by atoms with Gasteiger partial charge in [-0.15, -0.1) is 0 Å². The normalized spacial score (nSPS) is 13.3. The molecule has 0 radical (unpaired) electrons.